The van der Waals surface area contributed by atoms with Gasteiger partial charge in [-0.3, -0.25) is 0 Å². The van der Waals surface area contributed by atoms with Crippen LogP contribution in [0.15, 0.2) is 18.2 Å². The molecule has 0 amide bonds. The van der Waals surface area contributed by atoms with Crippen molar-refractivity contribution in [1.82, 2.24) is 5.32 Å². The molecule has 0 bridgehead atoms. The van der Waals surface area contributed by atoms with E-state index >= 15 is 0 Å². The summed E-state index contributed by atoms with van der Waals surface area (Å²) in [4.78, 5) is 11.1. The van der Waals surface area contributed by atoms with E-state index in [-0.39, 0.29) is 17.5 Å². The van der Waals surface area contributed by atoms with Crippen LogP contribution in [0.5, 0.6) is 0 Å². The summed E-state index contributed by atoms with van der Waals surface area (Å²) < 4.78 is 13.7. The lowest BCUT2D eigenvalue weighted by atomic mass is 9.93. The first-order valence-electron chi connectivity index (χ1n) is 6.13. The highest BCUT2D eigenvalue weighted by molar-refractivity contribution is 6.30. The van der Waals surface area contributed by atoms with Gasteiger partial charge in [0.15, 0.2) is 0 Å². The normalized spacial score (nSPS) is 11.4. The molecule has 1 N–H and O–H groups in total. The number of likely N-dealkylation sites (N-methyl/N-ethyl adjacent to an activating group) is 1. The molecule has 0 radical (unpaired) electrons. The van der Waals surface area contributed by atoms with Crippen molar-refractivity contribution >= 4 is 17.4 Å². The number of hydrogen-bond acceptors (Lipinski definition) is 2. The number of hydrogen-bond donors (Lipinski definition) is 1. The summed E-state index contributed by atoms with van der Waals surface area (Å²) >= 11 is 5.68. The Morgan fingerprint density at radius 1 is 1.44 bits per heavy atom. The van der Waals surface area contributed by atoms with Crippen LogP contribution in [0.25, 0.3) is 0 Å². The van der Waals surface area contributed by atoms with Gasteiger partial charge in [0.2, 0.25) is 0 Å². The highest BCUT2D eigenvalue weighted by Gasteiger charge is 2.17. The topological polar surface area (TPSA) is 29.1 Å². The zero-order valence-electron chi connectivity index (χ0n) is 11.4. The zero-order valence-corrected chi connectivity index (χ0v) is 12.1. The van der Waals surface area contributed by atoms with Crippen LogP contribution < -0.4 is 5.32 Å². The highest BCUT2D eigenvalue weighted by Crippen LogP contribution is 2.24. The Labute approximate surface area is 114 Å². The fourth-order valence-electron chi connectivity index (χ4n) is 1.72. The number of rotatable bonds is 5. The lowest BCUT2D eigenvalue weighted by molar-refractivity contribution is -0.117. The number of benzene rings is 1. The third kappa shape index (κ3) is 5.61. The highest BCUT2D eigenvalue weighted by atomic mass is 35.5. The second-order valence-electron chi connectivity index (χ2n) is 3.83. The predicted molar refractivity (Wildman–Crippen MR) is 74.7 cm³/mol. The van der Waals surface area contributed by atoms with Crippen molar-refractivity contribution in [3.63, 3.8) is 0 Å². The first-order chi connectivity index (χ1) is 8.54. The molecule has 1 aromatic carbocycles. The van der Waals surface area contributed by atoms with Gasteiger partial charge in [0, 0.05) is 23.9 Å². The van der Waals surface area contributed by atoms with Crippen LogP contribution in [0.3, 0.4) is 0 Å². The first kappa shape index (κ1) is 17.1. The second kappa shape index (κ2) is 9.06. The second-order valence-corrected chi connectivity index (χ2v) is 4.26. The molecule has 102 valence electrons. The van der Waals surface area contributed by atoms with E-state index in [2.05, 4.69) is 5.32 Å². The van der Waals surface area contributed by atoms with Crippen molar-refractivity contribution in [3.05, 3.63) is 34.6 Å². The van der Waals surface area contributed by atoms with E-state index in [1.165, 1.54) is 13.0 Å². The number of halogens is 2. The Kier molecular flexibility index (Phi) is 8.59. The lowest BCUT2D eigenvalue weighted by Crippen LogP contribution is -2.20. The van der Waals surface area contributed by atoms with Gasteiger partial charge in [0.1, 0.15) is 11.6 Å². The minimum Gasteiger partial charge on any atom is -0.319 e. The Morgan fingerprint density at radius 2 is 2.06 bits per heavy atom. The predicted octanol–water partition coefficient (Wildman–Crippen LogP) is 3.79. The van der Waals surface area contributed by atoms with Crippen molar-refractivity contribution in [2.75, 3.05) is 13.6 Å². The molecule has 1 atom stereocenters. The van der Waals surface area contributed by atoms with Gasteiger partial charge >= 0.3 is 0 Å². The standard InChI is InChI=1S/C12H15ClFNO.C2H6/c1-8(16)5-9(7-15-2)11-4-3-10(13)6-12(11)14;1-2/h3-4,6,9,15H,5,7H2,1-2H3;1-2H3. The van der Waals surface area contributed by atoms with Crippen molar-refractivity contribution < 1.29 is 9.18 Å². The Hall–Kier alpha value is -0.930. The van der Waals surface area contributed by atoms with Crippen LogP contribution in [-0.4, -0.2) is 19.4 Å². The maximum Gasteiger partial charge on any atom is 0.130 e. The van der Waals surface area contributed by atoms with Crippen LogP contribution in [-0.2, 0) is 4.79 Å². The fourth-order valence-corrected chi connectivity index (χ4v) is 1.88. The van der Waals surface area contributed by atoms with E-state index in [9.17, 15) is 9.18 Å². The number of carbonyl (C=O) groups is 1. The van der Waals surface area contributed by atoms with Crippen LogP contribution >= 0.6 is 11.6 Å². The summed E-state index contributed by atoms with van der Waals surface area (Å²) in [6.45, 7) is 6.08. The molecular formula is C14H21ClFNO. The van der Waals surface area contributed by atoms with Crippen LogP contribution in [0.4, 0.5) is 4.39 Å². The number of nitrogens with one attached hydrogen (secondary N) is 1. The average molecular weight is 274 g/mol. The molecule has 0 spiro atoms. The minimum atomic E-state index is -0.353. The van der Waals surface area contributed by atoms with E-state index in [0.717, 1.165) is 0 Å². The molecule has 1 rings (SSSR count). The summed E-state index contributed by atoms with van der Waals surface area (Å²) in [6.07, 6.45) is 0.333. The molecule has 1 aromatic rings. The maximum absolute atomic E-state index is 13.7. The minimum absolute atomic E-state index is 0.0506. The molecule has 18 heavy (non-hydrogen) atoms. The molecule has 0 aromatic heterocycles. The van der Waals surface area contributed by atoms with Crippen molar-refractivity contribution in [3.8, 4) is 0 Å². The molecule has 0 aliphatic rings. The van der Waals surface area contributed by atoms with E-state index in [1.807, 2.05) is 13.8 Å². The molecule has 1 unspecified atom stereocenters. The van der Waals surface area contributed by atoms with Crippen LogP contribution in [0.1, 0.15) is 38.7 Å². The third-order valence-electron chi connectivity index (χ3n) is 2.39. The molecule has 0 saturated carbocycles. The molecule has 2 nitrogen and oxygen atoms in total. The van der Waals surface area contributed by atoms with Crippen molar-refractivity contribution in [1.29, 1.82) is 0 Å². The monoisotopic (exact) mass is 273 g/mol. The van der Waals surface area contributed by atoms with Crippen LogP contribution in [0, 0.1) is 5.82 Å². The SMILES string of the molecule is CC.CNCC(CC(C)=O)c1ccc(Cl)cc1F. The Balaban J connectivity index is 0.00000137. The fraction of sp³-hybridized carbons (Fsp3) is 0.500. The number of ketones is 1. The zero-order chi connectivity index (χ0) is 14.1. The van der Waals surface area contributed by atoms with Gasteiger partial charge in [-0.2, -0.15) is 0 Å². The summed E-state index contributed by atoms with van der Waals surface area (Å²) in [7, 11) is 1.78. The largest absolute Gasteiger partial charge is 0.319 e. The van der Waals surface area contributed by atoms with E-state index in [1.54, 1.807) is 19.2 Å². The van der Waals surface area contributed by atoms with Gasteiger partial charge in [-0.1, -0.05) is 31.5 Å². The average Bonchev–Trinajstić information content (AvgIpc) is 2.30. The van der Waals surface area contributed by atoms with Crippen molar-refractivity contribution in [2.24, 2.45) is 0 Å². The van der Waals surface area contributed by atoms with Gasteiger partial charge in [-0.05, 0) is 31.7 Å². The molecule has 0 aliphatic heterocycles. The van der Waals surface area contributed by atoms with Gasteiger partial charge in [-0.25, -0.2) is 4.39 Å². The smallest absolute Gasteiger partial charge is 0.130 e. The van der Waals surface area contributed by atoms with Crippen LogP contribution in [0.2, 0.25) is 5.02 Å². The summed E-state index contributed by atoms with van der Waals surface area (Å²) in [5, 5.41) is 3.33. The quantitative estimate of drug-likeness (QED) is 0.884. The number of carbonyl (C=O) groups excluding carboxylic acids is 1. The van der Waals surface area contributed by atoms with Crippen molar-refractivity contribution in [2.45, 2.75) is 33.1 Å². The third-order valence-corrected chi connectivity index (χ3v) is 2.62. The maximum atomic E-state index is 13.7. The Morgan fingerprint density at radius 3 is 2.50 bits per heavy atom. The molecule has 4 heteroatoms. The Bertz CT molecular complexity index is 382. The van der Waals surface area contributed by atoms with Gasteiger partial charge in [-0.15, -0.1) is 0 Å². The van der Waals surface area contributed by atoms with E-state index in [0.29, 0.717) is 23.6 Å². The van der Waals surface area contributed by atoms with Gasteiger partial charge in [0.05, 0.1) is 0 Å². The molecule has 0 heterocycles. The van der Waals surface area contributed by atoms with E-state index < -0.39 is 0 Å². The van der Waals surface area contributed by atoms with Gasteiger partial charge in [0.25, 0.3) is 0 Å². The summed E-state index contributed by atoms with van der Waals surface area (Å²) in [5.41, 5.74) is 0.536. The molecule has 0 saturated heterocycles. The summed E-state index contributed by atoms with van der Waals surface area (Å²) in [6, 6.07) is 4.56. The molecular weight excluding hydrogens is 253 g/mol. The van der Waals surface area contributed by atoms with Gasteiger partial charge < -0.3 is 10.1 Å². The first-order valence-corrected chi connectivity index (χ1v) is 6.51. The van der Waals surface area contributed by atoms with E-state index in [4.69, 9.17) is 11.6 Å². The molecule has 0 fully saturated rings. The number of Topliss-reactive ketones (excluding diaryl/α,β-unsaturated/α-hetero) is 1. The summed E-state index contributed by atoms with van der Waals surface area (Å²) in [5.74, 6) is -0.441. The molecule has 0 aliphatic carbocycles. The lowest BCUT2D eigenvalue weighted by Gasteiger charge is -2.16.